The first-order chi connectivity index (χ1) is 8.58. The molecule has 0 bridgehead atoms. The lowest BCUT2D eigenvalue weighted by atomic mass is 10.4. The van der Waals surface area contributed by atoms with Crippen molar-refractivity contribution in [1.82, 2.24) is 25.0 Å². The van der Waals surface area contributed by atoms with Crippen molar-refractivity contribution >= 4 is 12.0 Å². The molecule has 2 amide bonds. The SMILES string of the molecule is Cn1cnnc1CNC(=O)N(CC(=O)O)C1CC1. The minimum absolute atomic E-state index is 0.0561. The average molecular weight is 253 g/mol. The largest absolute Gasteiger partial charge is 0.480 e. The zero-order chi connectivity index (χ0) is 13.1. The molecular weight excluding hydrogens is 238 g/mol. The van der Waals surface area contributed by atoms with E-state index >= 15 is 0 Å². The maximum absolute atomic E-state index is 11.9. The Kier molecular flexibility index (Phi) is 3.45. The molecule has 1 aromatic heterocycles. The molecule has 0 spiro atoms. The van der Waals surface area contributed by atoms with Gasteiger partial charge in [-0.1, -0.05) is 0 Å². The van der Waals surface area contributed by atoms with Crippen molar-refractivity contribution < 1.29 is 14.7 Å². The molecule has 2 rings (SSSR count). The zero-order valence-corrected chi connectivity index (χ0v) is 10.0. The van der Waals surface area contributed by atoms with Crippen molar-refractivity contribution in [2.75, 3.05) is 6.54 Å². The Morgan fingerprint density at radius 2 is 2.33 bits per heavy atom. The number of amides is 2. The van der Waals surface area contributed by atoms with Gasteiger partial charge in [-0.25, -0.2) is 4.79 Å². The van der Waals surface area contributed by atoms with Crippen LogP contribution in [0.4, 0.5) is 4.79 Å². The second kappa shape index (κ2) is 5.03. The Balaban J connectivity index is 1.89. The molecule has 0 radical (unpaired) electrons. The summed E-state index contributed by atoms with van der Waals surface area (Å²) >= 11 is 0. The fraction of sp³-hybridized carbons (Fsp3) is 0.600. The lowest BCUT2D eigenvalue weighted by Gasteiger charge is -2.20. The Labute approximate surface area is 104 Å². The Bertz CT molecular complexity index is 454. The summed E-state index contributed by atoms with van der Waals surface area (Å²) < 4.78 is 1.69. The van der Waals surface area contributed by atoms with E-state index in [4.69, 9.17) is 5.11 Å². The third-order valence-electron chi connectivity index (χ3n) is 2.76. The average Bonchev–Trinajstić information content (AvgIpc) is 3.07. The molecule has 1 aliphatic rings. The van der Waals surface area contributed by atoms with Crippen molar-refractivity contribution in [3.63, 3.8) is 0 Å². The number of carbonyl (C=O) groups is 2. The van der Waals surface area contributed by atoms with E-state index in [9.17, 15) is 9.59 Å². The number of hydrogen-bond donors (Lipinski definition) is 2. The van der Waals surface area contributed by atoms with Gasteiger partial charge in [0.15, 0.2) is 5.82 Å². The molecule has 0 atom stereocenters. The summed E-state index contributed by atoms with van der Waals surface area (Å²) in [5.41, 5.74) is 0. The number of urea groups is 1. The van der Waals surface area contributed by atoms with Gasteiger partial charge in [0.05, 0.1) is 6.54 Å². The van der Waals surface area contributed by atoms with Crippen molar-refractivity contribution in [3.05, 3.63) is 12.2 Å². The van der Waals surface area contributed by atoms with Gasteiger partial charge in [0.2, 0.25) is 0 Å². The monoisotopic (exact) mass is 253 g/mol. The molecule has 8 heteroatoms. The molecule has 8 nitrogen and oxygen atoms in total. The van der Waals surface area contributed by atoms with E-state index in [0.29, 0.717) is 5.82 Å². The van der Waals surface area contributed by atoms with Crippen molar-refractivity contribution in [3.8, 4) is 0 Å². The Hall–Kier alpha value is -2.12. The van der Waals surface area contributed by atoms with Gasteiger partial charge in [-0.3, -0.25) is 4.79 Å². The van der Waals surface area contributed by atoms with Crippen LogP contribution in [0.15, 0.2) is 6.33 Å². The van der Waals surface area contributed by atoms with Gasteiger partial charge in [-0.2, -0.15) is 0 Å². The summed E-state index contributed by atoms with van der Waals surface area (Å²) in [6.45, 7) is -0.0342. The normalized spacial score (nSPS) is 14.3. The number of aryl methyl sites for hydroxylation is 1. The van der Waals surface area contributed by atoms with Crippen LogP contribution in [0, 0.1) is 0 Å². The van der Waals surface area contributed by atoms with Crippen molar-refractivity contribution in [1.29, 1.82) is 0 Å². The summed E-state index contributed by atoms with van der Waals surface area (Å²) in [6, 6.07) is -0.316. The third kappa shape index (κ3) is 2.96. The number of nitrogens with one attached hydrogen (secondary N) is 1. The molecular formula is C10H15N5O3. The van der Waals surface area contributed by atoms with Crippen LogP contribution >= 0.6 is 0 Å². The summed E-state index contributed by atoms with van der Waals surface area (Å²) in [7, 11) is 1.78. The van der Waals surface area contributed by atoms with E-state index < -0.39 is 5.97 Å². The maximum Gasteiger partial charge on any atom is 0.323 e. The predicted molar refractivity (Wildman–Crippen MR) is 60.6 cm³/mol. The molecule has 0 saturated heterocycles. The number of carboxylic acids is 1. The van der Waals surface area contributed by atoms with E-state index in [1.807, 2.05) is 0 Å². The third-order valence-corrected chi connectivity index (χ3v) is 2.76. The molecule has 1 saturated carbocycles. The van der Waals surface area contributed by atoms with Gasteiger partial charge < -0.3 is 19.9 Å². The van der Waals surface area contributed by atoms with Crippen LogP contribution in [0.5, 0.6) is 0 Å². The van der Waals surface area contributed by atoms with Gasteiger partial charge in [-0.15, -0.1) is 10.2 Å². The second-order valence-electron chi connectivity index (χ2n) is 4.27. The molecule has 1 fully saturated rings. The fourth-order valence-electron chi connectivity index (χ4n) is 1.62. The van der Waals surface area contributed by atoms with Crippen LogP contribution in [0.1, 0.15) is 18.7 Å². The van der Waals surface area contributed by atoms with E-state index in [1.54, 1.807) is 11.6 Å². The number of nitrogens with zero attached hydrogens (tertiary/aromatic N) is 4. The number of carbonyl (C=O) groups excluding carboxylic acids is 1. The van der Waals surface area contributed by atoms with Gasteiger partial charge >= 0.3 is 12.0 Å². The van der Waals surface area contributed by atoms with Gasteiger partial charge in [0.25, 0.3) is 0 Å². The molecule has 0 unspecified atom stereocenters. The zero-order valence-electron chi connectivity index (χ0n) is 10.0. The van der Waals surface area contributed by atoms with Crippen molar-refractivity contribution in [2.24, 2.45) is 7.05 Å². The van der Waals surface area contributed by atoms with Crippen LogP contribution in [-0.4, -0.2) is 49.4 Å². The van der Waals surface area contributed by atoms with E-state index in [0.717, 1.165) is 12.8 Å². The van der Waals surface area contributed by atoms with Gasteiger partial charge in [0, 0.05) is 13.1 Å². The first-order valence-corrected chi connectivity index (χ1v) is 5.67. The predicted octanol–water partition coefficient (Wildman–Crippen LogP) is -0.426. The number of aromatic nitrogens is 3. The lowest BCUT2D eigenvalue weighted by molar-refractivity contribution is -0.137. The molecule has 2 N–H and O–H groups in total. The van der Waals surface area contributed by atoms with E-state index in [2.05, 4.69) is 15.5 Å². The summed E-state index contributed by atoms with van der Waals surface area (Å²) in [4.78, 5) is 23.9. The Morgan fingerprint density at radius 1 is 1.61 bits per heavy atom. The van der Waals surface area contributed by atoms with Crippen LogP contribution in [0.25, 0.3) is 0 Å². The standard InChI is InChI=1S/C10H15N5O3/c1-14-6-12-13-8(14)4-11-10(18)15(5-9(16)17)7-2-3-7/h6-7H,2-5H2,1H3,(H,11,18)(H,16,17). The topological polar surface area (TPSA) is 100 Å². The molecule has 98 valence electrons. The van der Waals surface area contributed by atoms with Crippen LogP contribution in [-0.2, 0) is 18.4 Å². The molecule has 1 aliphatic carbocycles. The van der Waals surface area contributed by atoms with E-state index in [1.165, 1.54) is 11.2 Å². The highest BCUT2D eigenvalue weighted by Gasteiger charge is 2.33. The highest BCUT2D eigenvalue weighted by Crippen LogP contribution is 2.26. The molecule has 1 aromatic rings. The lowest BCUT2D eigenvalue weighted by Crippen LogP contribution is -2.44. The molecule has 0 aromatic carbocycles. The Morgan fingerprint density at radius 3 is 2.83 bits per heavy atom. The minimum Gasteiger partial charge on any atom is -0.480 e. The van der Waals surface area contributed by atoms with E-state index in [-0.39, 0.29) is 25.2 Å². The summed E-state index contributed by atoms with van der Waals surface area (Å²) in [5, 5.41) is 18.9. The smallest absolute Gasteiger partial charge is 0.323 e. The number of hydrogen-bond acceptors (Lipinski definition) is 4. The first kappa shape index (κ1) is 12.3. The second-order valence-corrected chi connectivity index (χ2v) is 4.27. The summed E-state index contributed by atoms with van der Waals surface area (Å²) in [6.07, 6.45) is 3.27. The maximum atomic E-state index is 11.9. The number of aliphatic carboxylic acids is 1. The van der Waals surface area contributed by atoms with Gasteiger partial charge in [-0.05, 0) is 12.8 Å². The highest BCUT2D eigenvalue weighted by molar-refractivity contribution is 5.80. The molecule has 0 aliphatic heterocycles. The van der Waals surface area contributed by atoms with Crippen LogP contribution < -0.4 is 5.32 Å². The number of carboxylic acid groups (broad SMARTS) is 1. The number of rotatable bonds is 5. The fourth-order valence-corrected chi connectivity index (χ4v) is 1.62. The van der Waals surface area contributed by atoms with Crippen LogP contribution in [0.2, 0.25) is 0 Å². The molecule has 1 heterocycles. The quantitative estimate of drug-likeness (QED) is 0.742. The van der Waals surface area contributed by atoms with Gasteiger partial charge in [0.1, 0.15) is 12.9 Å². The molecule has 18 heavy (non-hydrogen) atoms. The van der Waals surface area contributed by atoms with Crippen molar-refractivity contribution in [2.45, 2.75) is 25.4 Å². The highest BCUT2D eigenvalue weighted by atomic mass is 16.4. The summed E-state index contributed by atoms with van der Waals surface area (Å²) in [5.74, 6) is -0.384. The first-order valence-electron chi connectivity index (χ1n) is 5.67. The minimum atomic E-state index is -1.00. The van der Waals surface area contributed by atoms with Crippen LogP contribution in [0.3, 0.4) is 0 Å².